The monoisotopic (exact) mass is 445 g/mol. The predicted octanol–water partition coefficient (Wildman–Crippen LogP) is 3.75. The Balaban J connectivity index is 2.10. The molecule has 0 aromatic rings. The third-order valence-electron chi connectivity index (χ3n) is 6.59. The SMILES string of the molecule is C=C1/C=C(OC(F)(F)C(F)F)\C=C/CCC2(CCC(OC)CC2)C12N=C(N)N(C)C2=O. The lowest BCUT2D eigenvalue weighted by molar-refractivity contribution is -0.279. The average Bonchev–Trinajstić information content (AvgIpc) is 2.98. The Morgan fingerprint density at radius 2 is 1.97 bits per heavy atom. The largest absolute Gasteiger partial charge is 0.461 e. The molecule has 1 saturated carbocycles. The highest BCUT2D eigenvalue weighted by Crippen LogP contribution is 2.56. The molecule has 1 amide bonds. The number of nitrogens with zero attached hydrogens (tertiary/aromatic N) is 2. The number of halogens is 4. The van der Waals surface area contributed by atoms with Crippen molar-refractivity contribution in [3.05, 3.63) is 36.1 Å². The van der Waals surface area contributed by atoms with Gasteiger partial charge in [-0.25, -0.2) is 4.99 Å². The van der Waals surface area contributed by atoms with Gasteiger partial charge in [-0.15, -0.1) is 0 Å². The van der Waals surface area contributed by atoms with Crippen LogP contribution >= 0.6 is 0 Å². The van der Waals surface area contributed by atoms with E-state index in [0.29, 0.717) is 38.5 Å². The minimum atomic E-state index is -4.69. The number of ether oxygens (including phenoxy) is 2. The van der Waals surface area contributed by atoms with E-state index in [1.165, 1.54) is 18.0 Å². The summed E-state index contributed by atoms with van der Waals surface area (Å²) >= 11 is 0. The molecular formula is C21H27F4N3O3. The first-order chi connectivity index (χ1) is 14.5. The number of fused-ring (bicyclic) bond motifs is 1. The molecule has 0 aromatic heterocycles. The van der Waals surface area contributed by atoms with Gasteiger partial charge >= 0.3 is 12.5 Å². The molecule has 0 radical (unpaired) electrons. The number of hydrogen-bond acceptors (Lipinski definition) is 5. The molecule has 2 spiro atoms. The number of carbonyl (C=O) groups excluding carboxylic acids is 1. The molecule has 0 aromatic carbocycles. The Bertz CT molecular complexity index is 832. The molecular weight excluding hydrogens is 418 g/mol. The summed E-state index contributed by atoms with van der Waals surface area (Å²) in [5.41, 5.74) is 3.84. The van der Waals surface area contributed by atoms with Crippen molar-refractivity contribution in [2.24, 2.45) is 16.1 Å². The lowest BCUT2D eigenvalue weighted by Crippen LogP contribution is -2.56. The van der Waals surface area contributed by atoms with Crippen LogP contribution in [0.3, 0.4) is 0 Å². The summed E-state index contributed by atoms with van der Waals surface area (Å²) in [5.74, 6) is -0.960. The average molecular weight is 445 g/mol. The molecule has 1 unspecified atom stereocenters. The van der Waals surface area contributed by atoms with E-state index < -0.39 is 35.2 Å². The normalized spacial score (nSPS) is 34.9. The highest BCUT2D eigenvalue weighted by atomic mass is 19.3. The molecule has 31 heavy (non-hydrogen) atoms. The van der Waals surface area contributed by atoms with Crippen LogP contribution in [-0.4, -0.2) is 55.1 Å². The lowest BCUT2D eigenvalue weighted by atomic mass is 9.56. The van der Waals surface area contributed by atoms with Crippen molar-refractivity contribution >= 4 is 11.9 Å². The van der Waals surface area contributed by atoms with E-state index in [-0.39, 0.29) is 17.6 Å². The van der Waals surface area contributed by atoms with Crippen LogP contribution in [0.15, 0.2) is 41.1 Å². The van der Waals surface area contributed by atoms with Crippen LogP contribution in [-0.2, 0) is 14.3 Å². The number of guanidine groups is 1. The maximum atomic E-state index is 13.6. The van der Waals surface area contributed by atoms with Crippen LogP contribution in [0.5, 0.6) is 0 Å². The number of amides is 1. The first-order valence-corrected chi connectivity index (χ1v) is 10.1. The number of allylic oxidation sites excluding steroid dienone is 2. The van der Waals surface area contributed by atoms with Crippen LogP contribution in [0.4, 0.5) is 17.6 Å². The van der Waals surface area contributed by atoms with Gasteiger partial charge in [-0.2, -0.15) is 17.6 Å². The van der Waals surface area contributed by atoms with Gasteiger partial charge in [0.25, 0.3) is 5.91 Å². The summed E-state index contributed by atoms with van der Waals surface area (Å²) < 4.78 is 62.3. The van der Waals surface area contributed by atoms with Crippen molar-refractivity contribution in [1.82, 2.24) is 4.90 Å². The maximum absolute atomic E-state index is 13.6. The van der Waals surface area contributed by atoms with Gasteiger partial charge in [0.1, 0.15) is 5.76 Å². The fourth-order valence-corrected chi connectivity index (χ4v) is 4.86. The summed E-state index contributed by atoms with van der Waals surface area (Å²) in [6, 6.07) is 0. The number of likely N-dealkylation sites (N-methyl/N-ethyl adjacent to an activating group) is 1. The quantitative estimate of drug-likeness (QED) is 0.669. The third kappa shape index (κ3) is 3.86. The Morgan fingerprint density at radius 3 is 2.48 bits per heavy atom. The zero-order valence-corrected chi connectivity index (χ0v) is 17.5. The van der Waals surface area contributed by atoms with E-state index in [9.17, 15) is 22.4 Å². The van der Waals surface area contributed by atoms with Gasteiger partial charge in [0, 0.05) is 19.6 Å². The molecule has 172 valence electrons. The minimum absolute atomic E-state index is 0.0135. The summed E-state index contributed by atoms with van der Waals surface area (Å²) in [7, 11) is 3.11. The van der Waals surface area contributed by atoms with E-state index in [1.54, 1.807) is 13.2 Å². The summed E-state index contributed by atoms with van der Waals surface area (Å²) in [6.07, 6.45) is -1.39. The molecule has 1 fully saturated rings. The molecule has 6 nitrogen and oxygen atoms in total. The zero-order chi connectivity index (χ0) is 23.0. The van der Waals surface area contributed by atoms with Crippen molar-refractivity contribution in [3.8, 4) is 0 Å². The lowest BCUT2D eigenvalue weighted by Gasteiger charge is -2.49. The number of hydrogen-bond donors (Lipinski definition) is 1. The number of aliphatic imine (C=N–C) groups is 1. The van der Waals surface area contributed by atoms with Crippen molar-refractivity contribution in [3.63, 3.8) is 0 Å². The van der Waals surface area contributed by atoms with Crippen LogP contribution in [0, 0.1) is 5.41 Å². The van der Waals surface area contributed by atoms with Crippen molar-refractivity contribution in [2.75, 3.05) is 14.2 Å². The molecule has 10 heteroatoms. The highest BCUT2D eigenvalue weighted by molar-refractivity contribution is 6.09. The molecule has 0 saturated heterocycles. The van der Waals surface area contributed by atoms with Crippen molar-refractivity contribution in [1.29, 1.82) is 0 Å². The fourth-order valence-electron chi connectivity index (χ4n) is 4.86. The molecule has 2 aliphatic carbocycles. The second kappa shape index (κ2) is 8.29. The van der Waals surface area contributed by atoms with E-state index in [4.69, 9.17) is 10.5 Å². The molecule has 2 N–H and O–H groups in total. The number of methoxy groups -OCH3 is 1. The second-order valence-electron chi connectivity index (χ2n) is 8.24. The zero-order valence-electron chi connectivity index (χ0n) is 17.5. The van der Waals surface area contributed by atoms with Crippen LogP contribution in [0.25, 0.3) is 0 Å². The van der Waals surface area contributed by atoms with Gasteiger partial charge in [-0.05, 0) is 56.3 Å². The Hall–Kier alpha value is -2.36. The highest BCUT2D eigenvalue weighted by Gasteiger charge is 2.62. The summed E-state index contributed by atoms with van der Waals surface area (Å²) in [6.45, 7) is 3.96. The van der Waals surface area contributed by atoms with Gasteiger partial charge in [0.2, 0.25) is 0 Å². The van der Waals surface area contributed by atoms with Crippen molar-refractivity contribution in [2.45, 2.75) is 62.7 Å². The van der Waals surface area contributed by atoms with Crippen LogP contribution < -0.4 is 5.73 Å². The van der Waals surface area contributed by atoms with Gasteiger partial charge < -0.3 is 15.2 Å². The molecule has 3 aliphatic rings. The van der Waals surface area contributed by atoms with E-state index >= 15 is 0 Å². The van der Waals surface area contributed by atoms with Crippen LogP contribution in [0.1, 0.15) is 38.5 Å². The number of rotatable bonds is 4. The molecule has 1 heterocycles. The fraction of sp³-hybridized carbons (Fsp3) is 0.619. The molecule has 0 bridgehead atoms. The topological polar surface area (TPSA) is 77.2 Å². The maximum Gasteiger partial charge on any atom is 0.461 e. The second-order valence-corrected chi connectivity index (χ2v) is 8.24. The summed E-state index contributed by atoms with van der Waals surface area (Å²) in [5, 5.41) is 0. The van der Waals surface area contributed by atoms with E-state index in [1.807, 2.05) is 0 Å². The predicted molar refractivity (Wildman–Crippen MR) is 106 cm³/mol. The molecule has 1 aliphatic heterocycles. The van der Waals surface area contributed by atoms with Gasteiger partial charge in [0.15, 0.2) is 11.5 Å². The number of carbonyl (C=O) groups is 1. The standard InChI is InChI=1S/C21H27F4N3O3/c1-13-12-15(31-21(24,25)16(22)23)6-4-5-9-19(10-7-14(30-3)8-11-19)20(13)17(29)28(2)18(26)27-20/h4,6,12,14,16H,1,5,7-11H2,2-3H3,(H2,26,27)/b6-4-,15-12+. The van der Waals surface area contributed by atoms with E-state index in [0.717, 1.165) is 6.08 Å². The number of alkyl halides is 4. The molecule has 1 atom stereocenters. The van der Waals surface area contributed by atoms with Crippen LogP contribution in [0.2, 0.25) is 0 Å². The Morgan fingerprint density at radius 1 is 1.32 bits per heavy atom. The Kier molecular flexibility index (Phi) is 6.23. The molecule has 3 rings (SSSR count). The van der Waals surface area contributed by atoms with E-state index in [2.05, 4.69) is 16.3 Å². The Labute approximate surface area is 178 Å². The number of nitrogens with two attached hydrogens (primary N) is 1. The van der Waals surface area contributed by atoms with Crippen molar-refractivity contribution < 1.29 is 31.8 Å². The van der Waals surface area contributed by atoms with Gasteiger partial charge in [0.05, 0.1) is 6.10 Å². The third-order valence-corrected chi connectivity index (χ3v) is 6.59. The summed E-state index contributed by atoms with van der Waals surface area (Å²) in [4.78, 5) is 19.2. The van der Waals surface area contributed by atoms with Gasteiger partial charge in [-0.1, -0.05) is 12.7 Å². The smallest absolute Gasteiger partial charge is 0.428 e. The minimum Gasteiger partial charge on any atom is -0.428 e. The first-order valence-electron chi connectivity index (χ1n) is 10.1. The first kappa shape index (κ1) is 23.3. The van der Waals surface area contributed by atoms with Gasteiger partial charge in [-0.3, -0.25) is 9.69 Å².